The second-order valence-corrected chi connectivity index (χ2v) is 6.99. The number of carbonyl (C=O) groups excluding carboxylic acids is 2. The highest BCUT2D eigenvalue weighted by Gasteiger charge is 2.29. The number of rotatable bonds is 10. The van der Waals surface area contributed by atoms with E-state index in [9.17, 15) is 9.59 Å². The standard InChI is InChI=1S/C23H28N2O4/c1-3-28-20-12-5-16(15-21(20)29-4-2)13-14-24-22(26)17-8-10-19(11-9-17)25-23(27)18-6-7-18/h5,8-12,15,18H,3-4,6-7,13-14H2,1-2H3,(H,24,26)(H,25,27). The van der Waals surface area contributed by atoms with Crippen LogP contribution in [0.1, 0.15) is 42.6 Å². The summed E-state index contributed by atoms with van der Waals surface area (Å²) in [6, 6.07) is 12.8. The summed E-state index contributed by atoms with van der Waals surface area (Å²) >= 11 is 0. The molecule has 0 atom stereocenters. The van der Waals surface area contributed by atoms with Crippen molar-refractivity contribution >= 4 is 17.5 Å². The molecule has 0 heterocycles. The van der Waals surface area contributed by atoms with Crippen LogP contribution in [0.3, 0.4) is 0 Å². The lowest BCUT2D eigenvalue weighted by atomic mass is 10.1. The quantitative estimate of drug-likeness (QED) is 0.640. The van der Waals surface area contributed by atoms with E-state index in [0.29, 0.717) is 31.7 Å². The van der Waals surface area contributed by atoms with Gasteiger partial charge in [0.05, 0.1) is 13.2 Å². The summed E-state index contributed by atoms with van der Waals surface area (Å²) in [5.74, 6) is 1.53. The van der Waals surface area contributed by atoms with E-state index in [4.69, 9.17) is 9.47 Å². The molecule has 1 saturated carbocycles. The summed E-state index contributed by atoms with van der Waals surface area (Å²) in [6.45, 7) is 5.53. The number of carbonyl (C=O) groups is 2. The summed E-state index contributed by atoms with van der Waals surface area (Å²) in [6.07, 6.45) is 2.62. The van der Waals surface area contributed by atoms with Crippen molar-refractivity contribution < 1.29 is 19.1 Å². The summed E-state index contributed by atoms with van der Waals surface area (Å²) < 4.78 is 11.2. The van der Waals surface area contributed by atoms with E-state index in [1.807, 2.05) is 32.0 Å². The average Bonchev–Trinajstić information content (AvgIpc) is 3.56. The van der Waals surface area contributed by atoms with Gasteiger partial charge in [0.25, 0.3) is 5.91 Å². The van der Waals surface area contributed by atoms with Gasteiger partial charge >= 0.3 is 0 Å². The third-order valence-electron chi connectivity index (χ3n) is 4.67. The largest absolute Gasteiger partial charge is 0.490 e. The molecule has 1 aliphatic carbocycles. The smallest absolute Gasteiger partial charge is 0.251 e. The van der Waals surface area contributed by atoms with Gasteiger partial charge < -0.3 is 20.1 Å². The Balaban J connectivity index is 1.50. The first kappa shape index (κ1) is 20.7. The van der Waals surface area contributed by atoms with Crippen LogP contribution in [0.4, 0.5) is 5.69 Å². The molecule has 1 fully saturated rings. The van der Waals surface area contributed by atoms with E-state index in [2.05, 4.69) is 10.6 Å². The molecule has 2 amide bonds. The Morgan fingerprint density at radius 2 is 1.66 bits per heavy atom. The summed E-state index contributed by atoms with van der Waals surface area (Å²) in [4.78, 5) is 24.1. The van der Waals surface area contributed by atoms with Gasteiger partial charge in [0.15, 0.2) is 11.5 Å². The molecule has 0 unspecified atom stereocenters. The molecule has 0 radical (unpaired) electrons. The molecular formula is C23H28N2O4. The summed E-state index contributed by atoms with van der Waals surface area (Å²) in [7, 11) is 0. The average molecular weight is 396 g/mol. The van der Waals surface area contributed by atoms with Gasteiger partial charge in [-0.1, -0.05) is 6.07 Å². The first-order chi connectivity index (χ1) is 14.1. The number of ether oxygens (including phenoxy) is 2. The topological polar surface area (TPSA) is 76.7 Å². The van der Waals surface area contributed by atoms with E-state index in [1.54, 1.807) is 24.3 Å². The Kier molecular flexibility index (Phi) is 7.11. The molecule has 0 bridgehead atoms. The highest BCUT2D eigenvalue weighted by Crippen LogP contribution is 2.30. The fourth-order valence-corrected chi connectivity index (χ4v) is 2.97. The number of amides is 2. The molecular weight excluding hydrogens is 368 g/mol. The van der Waals surface area contributed by atoms with Gasteiger partial charge in [0, 0.05) is 23.7 Å². The van der Waals surface area contributed by atoms with Crippen molar-refractivity contribution in [3.63, 3.8) is 0 Å². The zero-order valence-corrected chi connectivity index (χ0v) is 17.0. The predicted molar refractivity (Wildman–Crippen MR) is 113 cm³/mol. The Labute approximate surface area is 171 Å². The van der Waals surface area contributed by atoms with Gasteiger partial charge in [-0.15, -0.1) is 0 Å². The third kappa shape index (κ3) is 5.98. The second kappa shape index (κ2) is 9.96. The van der Waals surface area contributed by atoms with Crippen LogP contribution >= 0.6 is 0 Å². The number of anilines is 1. The van der Waals surface area contributed by atoms with Crippen molar-refractivity contribution in [2.75, 3.05) is 25.1 Å². The first-order valence-corrected chi connectivity index (χ1v) is 10.2. The Bertz CT molecular complexity index is 844. The number of hydrogen-bond acceptors (Lipinski definition) is 4. The minimum absolute atomic E-state index is 0.0592. The molecule has 2 aromatic rings. The molecule has 154 valence electrons. The van der Waals surface area contributed by atoms with Gasteiger partial charge in [-0.05, 0) is 75.1 Å². The van der Waals surface area contributed by atoms with E-state index in [1.165, 1.54) is 0 Å². The fraction of sp³-hybridized carbons (Fsp3) is 0.391. The van der Waals surface area contributed by atoms with Crippen molar-refractivity contribution in [1.29, 1.82) is 0 Å². The lowest BCUT2D eigenvalue weighted by Gasteiger charge is -2.12. The van der Waals surface area contributed by atoms with Gasteiger partial charge in [-0.2, -0.15) is 0 Å². The number of nitrogens with one attached hydrogen (secondary N) is 2. The van der Waals surface area contributed by atoms with Crippen LogP contribution in [0, 0.1) is 5.92 Å². The van der Waals surface area contributed by atoms with Crippen molar-refractivity contribution in [3.8, 4) is 11.5 Å². The Hall–Kier alpha value is -3.02. The van der Waals surface area contributed by atoms with E-state index < -0.39 is 0 Å². The molecule has 0 saturated heterocycles. The van der Waals surface area contributed by atoms with E-state index >= 15 is 0 Å². The molecule has 0 aromatic heterocycles. The predicted octanol–water partition coefficient (Wildman–Crippen LogP) is 3.81. The normalized spacial score (nSPS) is 12.9. The highest BCUT2D eigenvalue weighted by molar-refractivity contribution is 5.96. The molecule has 29 heavy (non-hydrogen) atoms. The van der Waals surface area contributed by atoms with E-state index in [-0.39, 0.29) is 17.7 Å². The monoisotopic (exact) mass is 396 g/mol. The van der Waals surface area contributed by atoms with Crippen LogP contribution in [0.5, 0.6) is 11.5 Å². The SMILES string of the molecule is CCOc1ccc(CCNC(=O)c2ccc(NC(=O)C3CC3)cc2)cc1OCC. The summed E-state index contributed by atoms with van der Waals surface area (Å²) in [5, 5.41) is 5.80. The maximum atomic E-state index is 12.4. The van der Waals surface area contributed by atoms with Gasteiger partial charge in [0.2, 0.25) is 5.91 Å². The van der Waals surface area contributed by atoms with Gasteiger partial charge in [-0.3, -0.25) is 9.59 Å². The highest BCUT2D eigenvalue weighted by atomic mass is 16.5. The fourth-order valence-electron chi connectivity index (χ4n) is 2.97. The lowest BCUT2D eigenvalue weighted by molar-refractivity contribution is -0.117. The minimum Gasteiger partial charge on any atom is -0.490 e. The zero-order valence-electron chi connectivity index (χ0n) is 17.0. The summed E-state index contributed by atoms with van der Waals surface area (Å²) in [5.41, 5.74) is 2.35. The van der Waals surface area contributed by atoms with Crippen LogP contribution in [-0.4, -0.2) is 31.6 Å². The lowest BCUT2D eigenvalue weighted by Crippen LogP contribution is -2.25. The molecule has 6 nitrogen and oxygen atoms in total. The van der Waals surface area contributed by atoms with E-state index in [0.717, 1.165) is 35.6 Å². The molecule has 0 spiro atoms. The second-order valence-electron chi connectivity index (χ2n) is 6.99. The van der Waals surface area contributed by atoms with Crippen molar-refractivity contribution in [2.45, 2.75) is 33.1 Å². The molecule has 1 aliphatic rings. The molecule has 2 aromatic carbocycles. The Morgan fingerprint density at radius 3 is 2.31 bits per heavy atom. The van der Waals surface area contributed by atoms with Crippen LogP contribution in [-0.2, 0) is 11.2 Å². The van der Waals surface area contributed by atoms with Crippen LogP contribution < -0.4 is 20.1 Å². The van der Waals surface area contributed by atoms with Crippen LogP contribution in [0.25, 0.3) is 0 Å². The molecule has 6 heteroatoms. The third-order valence-corrected chi connectivity index (χ3v) is 4.67. The zero-order chi connectivity index (χ0) is 20.6. The number of hydrogen-bond donors (Lipinski definition) is 2. The minimum atomic E-state index is -0.138. The molecule has 0 aliphatic heterocycles. The van der Waals surface area contributed by atoms with Crippen molar-refractivity contribution in [3.05, 3.63) is 53.6 Å². The first-order valence-electron chi connectivity index (χ1n) is 10.2. The molecule has 2 N–H and O–H groups in total. The maximum absolute atomic E-state index is 12.4. The van der Waals surface area contributed by atoms with Crippen molar-refractivity contribution in [1.82, 2.24) is 5.32 Å². The Morgan fingerprint density at radius 1 is 0.966 bits per heavy atom. The van der Waals surface area contributed by atoms with Crippen LogP contribution in [0.15, 0.2) is 42.5 Å². The van der Waals surface area contributed by atoms with Crippen LogP contribution in [0.2, 0.25) is 0 Å². The van der Waals surface area contributed by atoms with Gasteiger partial charge in [-0.25, -0.2) is 0 Å². The molecule has 3 rings (SSSR count). The number of benzene rings is 2. The van der Waals surface area contributed by atoms with Crippen molar-refractivity contribution in [2.24, 2.45) is 5.92 Å². The maximum Gasteiger partial charge on any atom is 0.251 e. The van der Waals surface area contributed by atoms with Gasteiger partial charge in [0.1, 0.15) is 0 Å².